The van der Waals surface area contributed by atoms with Crippen molar-refractivity contribution in [2.24, 2.45) is 0 Å². The van der Waals surface area contributed by atoms with E-state index in [4.69, 9.17) is 0 Å². The smallest absolute Gasteiger partial charge is 0.273 e. The number of hydrogen-bond acceptors (Lipinski definition) is 6. The van der Waals surface area contributed by atoms with Crippen LogP contribution in [0.3, 0.4) is 0 Å². The molecular weight excluding hydrogens is 407 g/mol. The van der Waals surface area contributed by atoms with E-state index in [1.165, 1.54) is 34.5 Å². The zero-order valence-electron chi connectivity index (χ0n) is 15.4. The Hall–Kier alpha value is -3.92. The molecule has 0 fully saturated rings. The fourth-order valence-electron chi connectivity index (χ4n) is 2.69. The first-order valence-corrected chi connectivity index (χ1v) is 9.67. The molecular formula is C20H15FN6O2S. The van der Waals surface area contributed by atoms with Gasteiger partial charge in [-0.15, -0.1) is 16.4 Å². The van der Waals surface area contributed by atoms with Gasteiger partial charge in [0.15, 0.2) is 0 Å². The van der Waals surface area contributed by atoms with Gasteiger partial charge in [-0.3, -0.25) is 20.4 Å². The normalized spacial score (nSPS) is 10.6. The molecule has 2 amide bonds. The molecule has 30 heavy (non-hydrogen) atoms. The minimum atomic E-state index is -0.421. The molecule has 2 aromatic carbocycles. The fourth-order valence-corrected chi connectivity index (χ4v) is 3.60. The molecule has 2 N–H and O–H groups in total. The van der Waals surface area contributed by atoms with Gasteiger partial charge in [-0.1, -0.05) is 24.3 Å². The van der Waals surface area contributed by atoms with Gasteiger partial charge in [0.2, 0.25) is 5.91 Å². The van der Waals surface area contributed by atoms with Crippen molar-refractivity contribution in [2.75, 3.05) is 0 Å². The standard InChI is InChI=1S/C20H15FN6O2S/c21-15-5-3-14(4-6-15)17-9-10-18(30-17)20(29)24-23-19(28)11-13-1-7-16(8-2-13)27-12-22-25-26-27/h1-10,12H,11H2,(H,23,28)(H,24,29). The van der Waals surface area contributed by atoms with Crippen LogP contribution < -0.4 is 10.9 Å². The molecule has 2 heterocycles. The SMILES string of the molecule is O=C(Cc1ccc(-n2cnnn2)cc1)NNC(=O)c1ccc(-c2ccc(F)cc2)s1. The number of tetrazole rings is 1. The number of carbonyl (C=O) groups is 2. The van der Waals surface area contributed by atoms with Gasteiger partial charge < -0.3 is 0 Å². The van der Waals surface area contributed by atoms with Crippen LogP contribution in [0.2, 0.25) is 0 Å². The Morgan fingerprint density at radius 1 is 0.967 bits per heavy atom. The third-order valence-electron chi connectivity index (χ3n) is 4.19. The van der Waals surface area contributed by atoms with Crippen LogP contribution in [0.4, 0.5) is 4.39 Å². The molecule has 0 bridgehead atoms. The Morgan fingerprint density at radius 2 is 1.73 bits per heavy atom. The monoisotopic (exact) mass is 422 g/mol. The summed E-state index contributed by atoms with van der Waals surface area (Å²) in [6.07, 6.45) is 1.57. The molecule has 4 aromatic rings. The third kappa shape index (κ3) is 4.55. The molecule has 0 spiro atoms. The van der Waals surface area contributed by atoms with E-state index < -0.39 is 5.91 Å². The molecule has 0 atom stereocenters. The Labute approximate surface area is 174 Å². The van der Waals surface area contributed by atoms with Crippen LogP contribution in [0.5, 0.6) is 0 Å². The number of hydrazine groups is 1. The summed E-state index contributed by atoms with van der Waals surface area (Å²) in [5.41, 5.74) is 7.17. The van der Waals surface area contributed by atoms with Gasteiger partial charge in [-0.25, -0.2) is 9.07 Å². The molecule has 8 nitrogen and oxygen atoms in total. The summed E-state index contributed by atoms with van der Waals surface area (Å²) >= 11 is 1.25. The summed E-state index contributed by atoms with van der Waals surface area (Å²) in [6, 6.07) is 16.6. The number of rotatable bonds is 5. The Balaban J connectivity index is 1.30. The summed E-state index contributed by atoms with van der Waals surface area (Å²) < 4.78 is 14.5. The Bertz CT molecular complexity index is 1160. The van der Waals surface area contributed by atoms with Crippen LogP contribution >= 0.6 is 11.3 Å². The molecule has 0 saturated carbocycles. The summed E-state index contributed by atoms with van der Waals surface area (Å²) in [5, 5.41) is 10.9. The van der Waals surface area contributed by atoms with E-state index in [2.05, 4.69) is 26.4 Å². The van der Waals surface area contributed by atoms with Gasteiger partial charge in [-0.2, -0.15) is 0 Å². The van der Waals surface area contributed by atoms with E-state index in [0.29, 0.717) is 4.88 Å². The summed E-state index contributed by atoms with van der Waals surface area (Å²) in [4.78, 5) is 25.7. The highest BCUT2D eigenvalue weighted by molar-refractivity contribution is 7.17. The number of nitrogens with zero attached hydrogens (tertiary/aromatic N) is 4. The quantitative estimate of drug-likeness (QED) is 0.481. The first-order chi connectivity index (χ1) is 14.6. The highest BCUT2D eigenvalue weighted by Crippen LogP contribution is 2.28. The first-order valence-electron chi connectivity index (χ1n) is 8.86. The lowest BCUT2D eigenvalue weighted by atomic mass is 10.1. The van der Waals surface area contributed by atoms with Crippen LogP contribution in [-0.4, -0.2) is 32.0 Å². The highest BCUT2D eigenvalue weighted by Gasteiger charge is 2.12. The van der Waals surface area contributed by atoms with Crippen LogP contribution in [-0.2, 0) is 11.2 Å². The second kappa shape index (κ2) is 8.62. The van der Waals surface area contributed by atoms with E-state index in [1.54, 1.807) is 48.5 Å². The van der Waals surface area contributed by atoms with Crippen molar-refractivity contribution in [1.29, 1.82) is 0 Å². The van der Waals surface area contributed by atoms with Gasteiger partial charge in [0.1, 0.15) is 12.1 Å². The maximum atomic E-state index is 13.0. The van der Waals surface area contributed by atoms with Gasteiger partial charge in [0.05, 0.1) is 17.0 Å². The van der Waals surface area contributed by atoms with Crippen LogP contribution in [0, 0.1) is 5.82 Å². The molecule has 0 aliphatic heterocycles. The van der Waals surface area contributed by atoms with Gasteiger partial charge in [-0.05, 0) is 58.0 Å². The number of aromatic nitrogens is 4. The average Bonchev–Trinajstić information content (AvgIpc) is 3.46. The van der Waals surface area contributed by atoms with Crippen LogP contribution in [0.1, 0.15) is 15.2 Å². The second-order valence-corrected chi connectivity index (χ2v) is 7.35. The maximum Gasteiger partial charge on any atom is 0.279 e. The number of thiophene rings is 1. The van der Waals surface area contributed by atoms with Crippen molar-refractivity contribution >= 4 is 23.2 Å². The minimum Gasteiger partial charge on any atom is -0.273 e. The molecule has 10 heteroatoms. The number of nitrogens with one attached hydrogen (secondary N) is 2. The Morgan fingerprint density at radius 3 is 2.43 bits per heavy atom. The van der Waals surface area contributed by atoms with Gasteiger partial charge >= 0.3 is 0 Å². The molecule has 150 valence electrons. The van der Waals surface area contributed by atoms with Crippen LogP contribution in [0.15, 0.2) is 67.0 Å². The van der Waals surface area contributed by atoms with Crippen molar-refractivity contribution in [2.45, 2.75) is 6.42 Å². The summed E-state index contributed by atoms with van der Waals surface area (Å²) in [5.74, 6) is -1.09. The van der Waals surface area contributed by atoms with Crippen molar-refractivity contribution < 1.29 is 14.0 Å². The van der Waals surface area contributed by atoms with E-state index in [1.807, 2.05) is 0 Å². The predicted molar refractivity (Wildman–Crippen MR) is 108 cm³/mol. The minimum absolute atomic E-state index is 0.0986. The summed E-state index contributed by atoms with van der Waals surface area (Å²) in [6.45, 7) is 0. The van der Waals surface area contributed by atoms with Crippen molar-refractivity contribution in [3.05, 3.63) is 83.2 Å². The predicted octanol–water partition coefficient (Wildman–Crippen LogP) is 2.53. The number of halogens is 1. The molecule has 0 unspecified atom stereocenters. The highest BCUT2D eigenvalue weighted by atomic mass is 32.1. The molecule has 2 aromatic heterocycles. The second-order valence-electron chi connectivity index (χ2n) is 6.27. The topological polar surface area (TPSA) is 102 Å². The largest absolute Gasteiger partial charge is 0.279 e. The molecule has 0 aliphatic rings. The average molecular weight is 422 g/mol. The fraction of sp³-hybridized carbons (Fsp3) is 0.0500. The zero-order chi connectivity index (χ0) is 20.9. The van der Waals surface area contributed by atoms with Crippen LogP contribution in [0.25, 0.3) is 16.1 Å². The van der Waals surface area contributed by atoms with Crippen molar-refractivity contribution in [3.63, 3.8) is 0 Å². The van der Waals surface area contributed by atoms with E-state index in [-0.39, 0.29) is 18.1 Å². The lowest BCUT2D eigenvalue weighted by Gasteiger charge is -2.07. The molecule has 0 radical (unpaired) electrons. The van der Waals surface area contributed by atoms with E-state index >= 15 is 0 Å². The molecule has 0 saturated heterocycles. The van der Waals surface area contributed by atoms with E-state index in [9.17, 15) is 14.0 Å². The summed E-state index contributed by atoms with van der Waals surface area (Å²) in [7, 11) is 0. The van der Waals surface area contributed by atoms with Crippen molar-refractivity contribution in [3.8, 4) is 16.1 Å². The Kier molecular flexibility index (Phi) is 5.57. The molecule has 4 rings (SSSR count). The van der Waals surface area contributed by atoms with E-state index in [0.717, 1.165) is 21.7 Å². The number of carbonyl (C=O) groups excluding carboxylic acids is 2. The number of amides is 2. The van der Waals surface area contributed by atoms with Gasteiger partial charge in [0.25, 0.3) is 5.91 Å². The number of benzene rings is 2. The number of hydrogen-bond donors (Lipinski definition) is 2. The lowest BCUT2D eigenvalue weighted by molar-refractivity contribution is -0.121. The third-order valence-corrected chi connectivity index (χ3v) is 5.32. The molecule has 0 aliphatic carbocycles. The van der Waals surface area contributed by atoms with Gasteiger partial charge in [0, 0.05) is 4.88 Å². The maximum absolute atomic E-state index is 13.0. The lowest BCUT2D eigenvalue weighted by Crippen LogP contribution is -2.42. The first kappa shape index (κ1) is 19.4. The van der Waals surface area contributed by atoms with Crippen molar-refractivity contribution in [1.82, 2.24) is 31.1 Å². The zero-order valence-corrected chi connectivity index (χ0v) is 16.3.